The number of nitrogens with one attached hydrogen (secondary N) is 2. The van der Waals surface area contributed by atoms with Gasteiger partial charge in [-0.25, -0.2) is 15.0 Å². The lowest BCUT2D eigenvalue weighted by Gasteiger charge is -2.30. The average Bonchev–Trinajstić information content (AvgIpc) is 2.64. The van der Waals surface area contributed by atoms with E-state index in [1.165, 1.54) is 18.6 Å². The summed E-state index contributed by atoms with van der Waals surface area (Å²) in [4.78, 5) is 25.4. The van der Waals surface area contributed by atoms with E-state index in [2.05, 4.69) is 43.5 Å². The Labute approximate surface area is 151 Å². The summed E-state index contributed by atoms with van der Waals surface area (Å²) in [5.74, 6) is 3.28. The van der Waals surface area contributed by atoms with Crippen molar-refractivity contribution in [2.45, 2.75) is 18.9 Å². The van der Waals surface area contributed by atoms with Crippen LogP contribution < -0.4 is 10.6 Å². The Hall–Kier alpha value is -3.25. The predicted molar refractivity (Wildman–Crippen MR) is 98.3 cm³/mol. The van der Waals surface area contributed by atoms with Gasteiger partial charge in [0.2, 0.25) is 0 Å². The third kappa shape index (κ3) is 4.23. The molecule has 0 spiro atoms. The van der Waals surface area contributed by atoms with Crippen molar-refractivity contribution in [1.82, 2.24) is 19.9 Å². The SMILES string of the molecule is C#Cc1cnc(Nc2cc(NC3CCN(C)CC3)c([N+](=O)[O-])cn2)cn1. The fourth-order valence-electron chi connectivity index (χ4n) is 2.75. The van der Waals surface area contributed by atoms with E-state index in [0.29, 0.717) is 23.0 Å². The predicted octanol–water partition coefficient (Wildman–Crippen LogP) is 2.01. The Morgan fingerprint density at radius 1 is 1.23 bits per heavy atom. The van der Waals surface area contributed by atoms with Gasteiger partial charge in [-0.15, -0.1) is 6.42 Å². The first-order valence-corrected chi connectivity index (χ1v) is 8.20. The molecule has 1 saturated heterocycles. The number of aromatic nitrogens is 3. The van der Waals surface area contributed by atoms with Crippen LogP contribution in [0.1, 0.15) is 18.5 Å². The number of anilines is 3. The van der Waals surface area contributed by atoms with Gasteiger partial charge in [0.25, 0.3) is 0 Å². The topological polar surface area (TPSA) is 109 Å². The van der Waals surface area contributed by atoms with Gasteiger partial charge in [-0.05, 0) is 38.9 Å². The summed E-state index contributed by atoms with van der Waals surface area (Å²) in [6, 6.07) is 1.81. The van der Waals surface area contributed by atoms with Gasteiger partial charge < -0.3 is 15.5 Å². The molecule has 0 saturated carbocycles. The van der Waals surface area contributed by atoms with Gasteiger partial charge in [-0.1, -0.05) is 0 Å². The minimum absolute atomic E-state index is 0.0526. The molecule has 134 valence electrons. The normalized spacial score (nSPS) is 15.2. The molecule has 0 aromatic carbocycles. The molecule has 3 heterocycles. The van der Waals surface area contributed by atoms with Crippen LogP contribution in [0.25, 0.3) is 0 Å². The van der Waals surface area contributed by atoms with Crippen molar-refractivity contribution in [3.63, 3.8) is 0 Å². The third-order valence-electron chi connectivity index (χ3n) is 4.21. The maximum absolute atomic E-state index is 11.3. The Morgan fingerprint density at radius 3 is 2.58 bits per heavy atom. The number of nitro groups is 1. The molecule has 0 unspecified atom stereocenters. The van der Waals surface area contributed by atoms with E-state index in [1.54, 1.807) is 6.07 Å². The van der Waals surface area contributed by atoms with Gasteiger partial charge in [0, 0.05) is 12.1 Å². The molecule has 0 radical (unpaired) electrons. The highest BCUT2D eigenvalue weighted by atomic mass is 16.6. The van der Waals surface area contributed by atoms with Gasteiger partial charge in [0.05, 0.1) is 17.3 Å². The average molecular weight is 353 g/mol. The lowest BCUT2D eigenvalue weighted by atomic mass is 10.1. The second kappa shape index (κ2) is 7.76. The second-order valence-corrected chi connectivity index (χ2v) is 6.12. The third-order valence-corrected chi connectivity index (χ3v) is 4.21. The molecule has 0 atom stereocenters. The first-order chi connectivity index (χ1) is 12.5. The molecule has 2 aromatic rings. The zero-order valence-electron chi connectivity index (χ0n) is 14.3. The van der Waals surface area contributed by atoms with Crippen LogP contribution in [-0.4, -0.2) is 51.0 Å². The molecule has 9 heteroatoms. The lowest BCUT2D eigenvalue weighted by Crippen LogP contribution is -2.36. The van der Waals surface area contributed by atoms with Gasteiger partial charge in [-0.2, -0.15) is 0 Å². The number of hydrogen-bond acceptors (Lipinski definition) is 8. The Balaban J connectivity index is 1.79. The maximum atomic E-state index is 11.3. The van der Waals surface area contributed by atoms with Crippen LogP contribution in [0.3, 0.4) is 0 Å². The van der Waals surface area contributed by atoms with E-state index in [-0.39, 0.29) is 11.7 Å². The fraction of sp³-hybridized carbons (Fsp3) is 0.353. The van der Waals surface area contributed by atoms with Crippen LogP contribution in [0.4, 0.5) is 23.0 Å². The molecule has 1 aliphatic rings. The molecule has 26 heavy (non-hydrogen) atoms. The highest BCUT2D eigenvalue weighted by Crippen LogP contribution is 2.28. The maximum Gasteiger partial charge on any atom is 0.310 e. The number of nitrogens with zero attached hydrogens (tertiary/aromatic N) is 5. The van der Waals surface area contributed by atoms with Crippen LogP contribution >= 0.6 is 0 Å². The molecule has 0 bridgehead atoms. The molecule has 1 fully saturated rings. The van der Waals surface area contributed by atoms with Crippen molar-refractivity contribution in [3.8, 4) is 12.3 Å². The molecular formula is C17H19N7O2. The van der Waals surface area contributed by atoms with Crippen LogP contribution in [0.5, 0.6) is 0 Å². The van der Waals surface area contributed by atoms with Gasteiger partial charge in [-0.3, -0.25) is 10.1 Å². The molecule has 1 aliphatic heterocycles. The standard InChI is InChI=1S/C17H19N7O2/c1-3-12-9-19-17(11-18-12)22-16-8-14(15(10-20-16)24(25)26)21-13-4-6-23(2)7-5-13/h1,8-11,13H,4-7H2,2H3,(H2,19,20,21,22). The number of piperidine rings is 1. The first kappa shape index (κ1) is 17.6. The minimum atomic E-state index is -0.435. The Morgan fingerprint density at radius 2 is 1.96 bits per heavy atom. The monoisotopic (exact) mass is 353 g/mol. The summed E-state index contributed by atoms with van der Waals surface area (Å²) < 4.78 is 0. The molecule has 3 rings (SSSR count). The number of terminal acetylenes is 1. The highest BCUT2D eigenvalue weighted by Gasteiger charge is 2.21. The summed E-state index contributed by atoms with van der Waals surface area (Å²) in [6.07, 6.45) is 11.3. The number of rotatable bonds is 5. The van der Waals surface area contributed by atoms with Crippen LogP contribution in [0, 0.1) is 22.5 Å². The zero-order chi connectivity index (χ0) is 18.5. The number of hydrogen-bond donors (Lipinski definition) is 2. The smallest absolute Gasteiger partial charge is 0.310 e. The van der Waals surface area contributed by atoms with Crippen molar-refractivity contribution in [2.75, 3.05) is 30.8 Å². The summed E-state index contributed by atoms with van der Waals surface area (Å²) in [7, 11) is 2.07. The molecule has 0 amide bonds. The highest BCUT2D eigenvalue weighted by molar-refractivity contribution is 5.67. The van der Waals surface area contributed by atoms with Crippen molar-refractivity contribution < 1.29 is 4.92 Å². The molecule has 2 aromatic heterocycles. The summed E-state index contributed by atoms with van der Waals surface area (Å²) in [5.41, 5.74) is 0.815. The second-order valence-electron chi connectivity index (χ2n) is 6.12. The lowest BCUT2D eigenvalue weighted by molar-refractivity contribution is -0.384. The van der Waals surface area contributed by atoms with E-state index in [4.69, 9.17) is 6.42 Å². The van der Waals surface area contributed by atoms with E-state index in [1.807, 2.05) is 0 Å². The first-order valence-electron chi connectivity index (χ1n) is 8.20. The van der Waals surface area contributed by atoms with E-state index in [9.17, 15) is 10.1 Å². The summed E-state index contributed by atoms with van der Waals surface area (Å²) in [6.45, 7) is 1.91. The van der Waals surface area contributed by atoms with Crippen LogP contribution in [0.15, 0.2) is 24.7 Å². The van der Waals surface area contributed by atoms with Crippen LogP contribution in [-0.2, 0) is 0 Å². The molecular weight excluding hydrogens is 334 g/mol. The Kier molecular flexibility index (Phi) is 5.24. The summed E-state index contributed by atoms with van der Waals surface area (Å²) >= 11 is 0. The largest absolute Gasteiger partial charge is 0.376 e. The number of likely N-dealkylation sites (tertiary alicyclic amines) is 1. The van der Waals surface area contributed by atoms with Gasteiger partial charge >= 0.3 is 5.69 Å². The summed E-state index contributed by atoms with van der Waals surface area (Å²) in [5, 5.41) is 17.6. The van der Waals surface area contributed by atoms with Crippen molar-refractivity contribution in [1.29, 1.82) is 0 Å². The Bertz CT molecular complexity index is 824. The zero-order valence-corrected chi connectivity index (χ0v) is 14.3. The van der Waals surface area contributed by atoms with Gasteiger partial charge in [0.1, 0.15) is 29.2 Å². The van der Waals surface area contributed by atoms with Crippen molar-refractivity contribution >= 4 is 23.0 Å². The number of pyridine rings is 1. The van der Waals surface area contributed by atoms with Crippen molar-refractivity contribution in [2.24, 2.45) is 0 Å². The van der Waals surface area contributed by atoms with E-state index >= 15 is 0 Å². The van der Waals surface area contributed by atoms with Gasteiger partial charge in [0.15, 0.2) is 0 Å². The van der Waals surface area contributed by atoms with E-state index < -0.39 is 4.92 Å². The minimum Gasteiger partial charge on any atom is -0.376 e. The fourth-order valence-corrected chi connectivity index (χ4v) is 2.75. The molecule has 2 N–H and O–H groups in total. The van der Waals surface area contributed by atoms with Crippen LogP contribution in [0.2, 0.25) is 0 Å². The van der Waals surface area contributed by atoms with E-state index in [0.717, 1.165) is 25.9 Å². The quantitative estimate of drug-likeness (QED) is 0.477. The molecule has 0 aliphatic carbocycles. The van der Waals surface area contributed by atoms with Crippen molar-refractivity contribution in [3.05, 3.63) is 40.5 Å². The molecule has 9 nitrogen and oxygen atoms in total.